The van der Waals surface area contributed by atoms with E-state index in [0.29, 0.717) is 20.9 Å². The van der Waals surface area contributed by atoms with Gasteiger partial charge in [-0.3, -0.25) is 0 Å². The Kier molecular flexibility index (Phi) is 9.16. The van der Waals surface area contributed by atoms with E-state index in [-0.39, 0.29) is 0 Å². The first-order valence-corrected chi connectivity index (χ1v) is 15.1. The van der Waals surface area contributed by atoms with Gasteiger partial charge in [0.25, 0.3) is 0 Å². The normalized spacial score (nSPS) is 12.8. The van der Waals surface area contributed by atoms with Gasteiger partial charge >= 0.3 is 11.0 Å². The molecule has 40 heavy (non-hydrogen) atoms. The molecule has 0 radical (unpaired) electrons. The van der Waals surface area contributed by atoms with E-state index >= 15 is 0 Å². The van der Waals surface area contributed by atoms with Crippen LogP contribution in [0.2, 0.25) is 0 Å². The summed E-state index contributed by atoms with van der Waals surface area (Å²) in [5, 5.41) is 0. The van der Waals surface area contributed by atoms with Crippen molar-refractivity contribution in [1.82, 2.24) is 0 Å². The summed E-state index contributed by atoms with van der Waals surface area (Å²) in [6, 6.07) is 22.6. The van der Waals surface area contributed by atoms with E-state index in [2.05, 4.69) is 0 Å². The van der Waals surface area contributed by atoms with E-state index in [4.69, 9.17) is 0 Å². The topological polar surface area (TPSA) is 34.1 Å². The van der Waals surface area contributed by atoms with Crippen LogP contribution >= 0.6 is 10.0 Å². The zero-order chi connectivity index (χ0) is 29.9. The molecule has 0 unspecified atom stereocenters. The van der Waals surface area contributed by atoms with Crippen molar-refractivity contribution in [2.45, 2.75) is 58.3 Å². The maximum atomic E-state index is 13.8. The standard InChI is InChI=1S/C16H14F6S.C14H14O2S/c1-11-3-7-13(8-4-11)23(15(17,18)19,16(20,21)22)14-9-5-12(2)6-10-14;1-11-3-7-13(8-4-11)17(15,16)14-9-5-12(2)6-10-14/h3-10H,1-2H3;3-10H,1-2H3. The molecular weight excluding hydrogens is 570 g/mol. The first-order valence-electron chi connectivity index (χ1n) is 12.0. The Bertz CT molecular complexity index is 1410. The molecule has 0 bridgehead atoms. The van der Waals surface area contributed by atoms with E-state index in [1.54, 1.807) is 62.4 Å². The summed E-state index contributed by atoms with van der Waals surface area (Å²) < 4.78 is 107. The second-order valence-corrected chi connectivity index (χ2v) is 14.3. The molecule has 2 nitrogen and oxygen atoms in total. The number of hydrogen-bond donors (Lipinski definition) is 0. The molecule has 4 rings (SSSR count). The Balaban J connectivity index is 0.000000230. The average Bonchev–Trinajstić information content (AvgIpc) is 2.86. The van der Waals surface area contributed by atoms with E-state index in [0.717, 1.165) is 35.4 Å². The minimum absolute atomic E-state index is 0.340. The molecule has 10 heteroatoms. The summed E-state index contributed by atoms with van der Waals surface area (Å²) in [6.07, 6.45) is 0. The molecule has 0 saturated heterocycles. The Hall–Kier alpha value is -3.24. The van der Waals surface area contributed by atoms with Crippen molar-refractivity contribution in [1.29, 1.82) is 0 Å². The van der Waals surface area contributed by atoms with E-state index < -0.39 is 40.7 Å². The van der Waals surface area contributed by atoms with E-state index in [9.17, 15) is 34.8 Å². The van der Waals surface area contributed by atoms with Gasteiger partial charge in [-0.1, -0.05) is 70.8 Å². The fraction of sp³-hybridized carbons (Fsp3) is 0.200. The summed E-state index contributed by atoms with van der Waals surface area (Å²) in [4.78, 5) is -0.835. The molecule has 0 saturated carbocycles. The van der Waals surface area contributed by atoms with Gasteiger partial charge in [-0.25, -0.2) is 8.42 Å². The SMILES string of the molecule is Cc1ccc(S(=O)(=O)c2ccc(C)cc2)cc1.Cc1ccc(S(c2ccc(C)cc2)(C(F)(F)F)C(F)(F)F)cc1. The Morgan fingerprint density at radius 2 is 0.600 bits per heavy atom. The van der Waals surface area contributed by atoms with Crippen molar-refractivity contribution in [3.63, 3.8) is 0 Å². The number of benzene rings is 4. The second kappa shape index (κ2) is 11.7. The van der Waals surface area contributed by atoms with Crippen LogP contribution in [0.4, 0.5) is 26.3 Å². The maximum absolute atomic E-state index is 13.8. The van der Waals surface area contributed by atoms with Crippen LogP contribution < -0.4 is 0 Å². The highest BCUT2D eigenvalue weighted by Crippen LogP contribution is 2.80. The Morgan fingerprint density at radius 1 is 0.400 bits per heavy atom. The lowest BCUT2D eigenvalue weighted by molar-refractivity contribution is -0.0800. The van der Waals surface area contributed by atoms with Gasteiger partial charge in [0.2, 0.25) is 9.84 Å². The minimum atomic E-state index is -5.45. The molecular formula is C30H28F6O2S2. The number of rotatable bonds is 4. The van der Waals surface area contributed by atoms with E-state index in [1.165, 1.54) is 24.3 Å². The van der Waals surface area contributed by atoms with Gasteiger partial charge < -0.3 is 0 Å². The molecule has 0 N–H and O–H groups in total. The average molecular weight is 599 g/mol. The van der Waals surface area contributed by atoms with Gasteiger partial charge in [-0.05, 0) is 76.2 Å². The van der Waals surface area contributed by atoms with Gasteiger partial charge in [0.1, 0.15) is 0 Å². The monoisotopic (exact) mass is 598 g/mol. The highest BCUT2D eigenvalue weighted by molar-refractivity contribution is 8.35. The van der Waals surface area contributed by atoms with Crippen LogP contribution in [0.5, 0.6) is 0 Å². The van der Waals surface area contributed by atoms with Crippen molar-refractivity contribution >= 4 is 19.9 Å². The van der Waals surface area contributed by atoms with Crippen molar-refractivity contribution in [2.75, 3.05) is 0 Å². The number of hydrogen-bond acceptors (Lipinski definition) is 2. The lowest BCUT2D eigenvalue weighted by Gasteiger charge is -2.43. The molecule has 0 fully saturated rings. The molecule has 4 aromatic rings. The molecule has 214 valence electrons. The summed E-state index contributed by atoms with van der Waals surface area (Å²) in [6.45, 7) is 7.08. The highest BCUT2D eigenvalue weighted by atomic mass is 32.3. The molecule has 0 aliphatic heterocycles. The van der Waals surface area contributed by atoms with Crippen molar-refractivity contribution in [2.24, 2.45) is 0 Å². The molecule has 0 aromatic heterocycles. The van der Waals surface area contributed by atoms with Crippen molar-refractivity contribution in [3.8, 4) is 0 Å². The van der Waals surface area contributed by atoms with Gasteiger partial charge in [-0.15, -0.1) is 0 Å². The summed E-state index contributed by atoms with van der Waals surface area (Å²) >= 11 is 0. The molecule has 0 aliphatic rings. The summed E-state index contributed by atoms with van der Waals surface area (Å²) in [5.41, 5.74) is -7.61. The van der Waals surface area contributed by atoms with Crippen LogP contribution in [-0.4, -0.2) is 19.4 Å². The zero-order valence-corrected chi connectivity index (χ0v) is 23.8. The smallest absolute Gasteiger partial charge is 0.219 e. The van der Waals surface area contributed by atoms with Crippen LogP contribution in [0.25, 0.3) is 0 Å². The predicted octanol–water partition coefficient (Wildman–Crippen LogP) is 9.70. The lowest BCUT2D eigenvalue weighted by Crippen LogP contribution is -2.33. The highest BCUT2D eigenvalue weighted by Gasteiger charge is 2.68. The van der Waals surface area contributed by atoms with Crippen molar-refractivity contribution in [3.05, 3.63) is 119 Å². The quantitative estimate of drug-likeness (QED) is 0.219. The number of alkyl halides is 6. The van der Waals surface area contributed by atoms with Crippen LogP contribution in [0.3, 0.4) is 0 Å². The van der Waals surface area contributed by atoms with Crippen LogP contribution in [-0.2, 0) is 9.84 Å². The van der Waals surface area contributed by atoms with Crippen LogP contribution in [0, 0.1) is 27.7 Å². The predicted molar refractivity (Wildman–Crippen MR) is 146 cm³/mol. The first kappa shape index (κ1) is 31.3. The second-order valence-electron chi connectivity index (χ2n) is 9.26. The Labute approximate surface area is 231 Å². The third-order valence-corrected chi connectivity index (χ3v) is 11.2. The number of halogens is 6. The third-order valence-electron chi connectivity index (χ3n) is 6.11. The third kappa shape index (κ3) is 6.39. The lowest BCUT2D eigenvalue weighted by atomic mass is 10.2. The van der Waals surface area contributed by atoms with E-state index in [1.807, 2.05) is 13.8 Å². The largest absolute Gasteiger partial charge is 0.440 e. The van der Waals surface area contributed by atoms with Crippen LogP contribution in [0.1, 0.15) is 22.3 Å². The fourth-order valence-corrected chi connectivity index (χ4v) is 7.81. The van der Waals surface area contributed by atoms with Gasteiger partial charge in [0.15, 0.2) is 0 Å². The van der Waals surface area contributed by atoms with Crippen LogP contribution in [0.15, 0.2) is 117 Å². The molecule has 0 spiro atoms. The minimum Gasteiger partial charge on any atom is -0.219 e. The molecule has 0 atom stereocenters. The molecule has 0 heterocycles. The first-order chi connectivity index (χ1) is 18.5. The van der Waals surface area contributed by atoms with Gasteiger partial charge in [0.05, 0.1) is 9.79 Å². The molecule has 0 aliphatic carbocycles. The van der Waals surface area contributed by atoms with Gasteiger partial charge in [0, 0.05) is 19.8 Å². The number of aryl methyl sites for hydroxylation is 4. The zero-order valence-electron chi connectivity index (χ0n) is 22.1. The van der Waals surface area contributed by atoms with Crippen molar-refractivity contribution < 1.29 is 34.8 Å². The summed E-state index contributed by atoms with van der Waals surface area (Å²) in [7, 11) is -8.59. The van der Waals surface area contributed by atoms with Gasteiger partial charge in [-0.2, -0.15) is 26.3 Å². The Morgan fingerprint density at radius 3 is 0.800 bits per heavy atom. The maximum Gasteiger partial charge on any atom is 0.440 e. The fourth-order valence-electron chi connectivity index (χ4n) is 3.86. The summed E-state index contributed by atoms with van der Waals surface area (Å²) in [5.74, 6) is 0. The number of sulfone groups is 1. The molecule has 4 aromatic carbocycles. The molecule has 0 amide bonds.